The Morgan fingerprint density at radius 3 is 2.31 bits per heavy atom. The van der Waals surface area contributed by atoms with Crippen LogP contribution in [0, 0.1) is 12.7 Å². The number of nitrogens with one attached hydrogen (secondary N) is 2. The second-order valence-electron chi connectivity index (χ2n) is 5.58. The largest absolute Gasteiger partial charge is 0.354 e. The Kier molecular flexibility index (Phi) is 5.11. The summed E-state index contributed by atoms with van der Waals surface area (Å²) in [5.74, 6) is -0.298. The van der Waals surface area contributed by atoms with Crippen LogP contribution in [0.25, 0.3) is 0 Å². The van der Waals surface area contributed by atoms with Crippen molar-refractivity contribution in [3.05, 3.63) is 77.2 Å². The van der Waals surface area contributed by atoms with Gasteiger partial charge in [-0.15, -0.1) is 0 Å². The van der Waals surface area contributed by atoms with Gasteiger partial charge in [0.1, 0.15) is 11.6 Å². The molecule has 2 N–H and O–H groups in total. The van der Waals surface area contributed by atoms with E-state index in [1.54, 1.807) is 18.2 Å². The Labute approximate surface area is 155 Å². The fraction of sp³-hybridized carbons (Fsp3) is 0.0556. The van der Waals surface area contributed by atoms with Crippen LogP contribution in [0.4, 0.5) is 21.6 Å². The highest BCUT2D eigenvalue weighted by Crippen LogP contribution is 2.21. The highest BCUT2D eigenvalue weighted by atomic mass is 35.5. The number of hydrogen-bond acceptors (Lipinski definition) is 4. The van der Waals surface area contributed by atoms with Gasteiger partial charge in [0.15, 0.2) is 0 Å². The van der Waals surface area contributed by atoms with Gasteiger partial charge >= 0.3 is 0 Å². The Morgan fingerprint density at radius 2 is 1.69 bits per heavy atom. The molecule has 0 aliphatic heterocycles. The molecule has 0 fully saturated rings. The highest BCUT2D eigenvalue weighted by molar-refractivity contribution is 7.92. The monoisotopic (exact) mass is 391 g/mol. The lowest BCUT2D eigenvalue weighted by molar-refractivity contribution is 0.598. The summed E-state index contributed by atoms with van der Waals surface area (Å²) in [6.07, 6.45) is 1.50. The maximum absolute atomic E-state index is 13.3. The summed E-state index contributed by atoms with van der Waals surface area (Å²) in [6, 6.07) is 14.0. The molecule has 2 aromatic carbocycles. The number of nitrogens with zero attached hydrogens (tertiary/aromatic N) is 1. The van der Waals surface area contributed by atoms with Gasteiger partial charge in [0.05, 0.1) is 16.8 Å². The van der Waals surface area contributed by atoms with Gasteiger partial charge in [0.25, 0.3) is 10.0 Å². The Bertz CT molecular complexity index is 1020. The molecule has 0 aliphatic rings. The summed E-state index contributed by atoms with van der Waals surface area (Å²) in [5, 5.41) is 3.76. The Hall–Kier alpha value is -2.64. The van der Waals surface area contributed by atoms with Crippen molar-refractivity contribution in [2.24, 2.45) is 0 Å². The van der Waals surface area contributed by atoms with Crippen LogP contribution >= 0.6 is 11.6 Å². The minimum Gasteiger partial charge on any atom is -0.354 e. The first-order valence-corrected chi connectivity index (χ1v) is 9.47. The first-order chi connectivity index (χ1) is 12.3. The zero-order valence-corrected chi connectivity index (χ0v) is 15.3. The van der Waals surface area contributed by atoms with Gasteiger partial charge in [-0.3, -0.25) is 4.72 Å². The lowest BCUT2D eigenvalue weighted by atomic mass is 10.2. The van der Waals surface area contributed by atoms with Crippen LogP contribution in [0.5, 0.6) is 0 Å². The number of hydrogen-bond donors (Lipinski definition) is 2. The average Bonchev–Trinajstić information content (AvgIpc) is 2.61. The van der Waals surface area contributed by atoms with Crippen LogP contribution in [0.2, 0.25) is 5.02 Å². The molecular formula is C18H15ClFN3O2S. The smallest absolute Gasteiger partial charge is 0.263 e. The number of aryl methyl sites for hydroxylation is 1. The van der Waals surface area contributed by atoms with Crippen LogP contribution in [0.15, 0.2) is 65.7 Å². The molecule has 0 bridgehead atoms. The van der Waals surface area contributed by atoms with E-state index < -0.39 is 15.8 Å². The minimum atomic E-state index is -3.84. The third-order valence-electron chi connectivity index (χ3n) is 3.58. The maximum atomic E-state index is 13.3. The summed E-state index contributed by atoms with van der Waals surface area (Å²) >= 11 is 5.84. The normalized spacial score (nSPS) is 11.2. The molecule has 0 saturated carbocycles. The van der Waals surface area contributed by atoms with E-state index in [2.05, 4.69) is 15.0 Å². The van der Waals surface area contributed by atoms with Crippen molar-refractivity contribution in [3.63, 3.8) is 0 Å². The highest BCUT2D eigenvalue weighted by Gasteiger charge is 2.16. The maximum Gasteiger partial charge on any atom is 0.263 e. The third-order valence-corrected chi connectivity index (χ3v) is 5.18. The predicted octanol–water partition coefficient (Wildman–Crippen LogP) is 4.73. The van der Waals surface area contributed by atoms with E-state index in [1.165, 1.54) is 31.3 Å². The molecule has 0 spiro atoms. The standard InChI is InChI=1S/C18H15ClFN3O2S/c1-12-10-16(7-8-17(12)20)26(24,25)23-18-9-6-15(11-21-18)22-14-4-2-13(19)3-5-14/h2-11,22H,1H3,(H,21,23). The Balaban J connectivity index is 1.73. The van der Waals surface area contributed by atoms with Gasteiger partial charge in [0, 0.05) is 10.7 Å². The average molecular weight is 392 g/mol. The number of sulfonamides is 1. The third kappa shape index (κ3) is 4.30. The van der Waals surface area contributed by atoms with Crippen molar-refractivity contribution in [2.45, 2.75) is 11.8 Å². The first kappa shape index (κ1) is 18.2. The second kappa shape index (κ2) is 7.31. The number of halogens is 2. The van der Waals surface area contributed by atoms with Crippen molar-refractivity contribution < 1.29 is 12.8 Å². The van der Waals surface area contributed by atoms with E-state index >= 15 is 0 Å². The second-order valence-corrected chi connectivity index (χ2v) is 7.70. The van der Waals surface area contributed by atoms with Crippen molar-refractivity contribution >= 4 is 38.8 Å². The zero-order valence-electron chi connectivity index (χ0n) is 13.7. The quantitative estimate of drug-likeness (QED) is 0.659. The molecule has 3 rings (SSSR count). The number of anilines is 3. The van der Waals surface area contributed by atoms with Crippen LogP contribution in [-0.4, -0.2) is 13.4 Å². The molecule has 8 heteroatoms. The molecule has 0 atom stereocenters. The molecule has 1 aromatic heterocycles. The van der Waals surface area contributed by atoms with Gasteiger partial charge in [-0.1, -0.05) is 11.6 Å². The summed E-state index contributed by atoms with van der Waals surface area (Å²) in [4.78, 5) is 4.06. The molecule has 5 nitrogen and oxygen atoms in total. The topological polar surface area (TPSA) is 71.1 Å². The fourth-order valence-electron chi connectivity index (χ4n) is 2.21. The van der Waals surface area contributed by atoms with Crippen molar-refractivity contribution in [2.75, 3.05) is 10.0 Å². The molecule has 0 aliphatic carbocycles. The summed E-state index contributed by atoms with van der Waals surface area (Å²) in [6.45, 7) is 1.50. The van der Waals surface area contributed by atoms with Gasteiger partial charge in [-0.25, -0.2) is 17.8 Å². The van der Waals surface area contributed by atoms with E-state index in [-0.39, 0.29) is 16.3 Å². The van der Waals surface area contributed by atoms with E-state index in [0.717, 1.165) is 11.8 Å². The lowest BCUT2D eigenvalue weighted by Gasteiger charge is -2.10. The first-order valence-electron chi connectivity index (χ1n) is 7.61. The van der Waals surface area contributed by atoms with Gasteiger partial charge < -0.3 is 5.32 Å². The summed E-state index contributed by atoms with van der Waals surface area (Å²) in [7, 11) is -3.84. The van der Waals surface area contributed by atoms with E-state index in [4.69, 9.17) is 11.6 Å². The molecular weight excluding hydrogens is 377 g/mol. The molecule has 3 aromatic rings. The van der Waals surface area contributed by atoms with Crippen LogP contribution in [0.1, 0.15) is 5.56 Å². The zero-order chi connectivity index (χ0) is 18.7. The van der Waals surface area contributed by atoms with Gasteiger partial charge in [-0.2, -0.15) is 0 Å². The van der Waals surface area contributed by atoms with Crippen molar-refractivity contribution in [1.82, 2.24) is 4.98 Å². The molecule has 134 valence electrons. The predicted molar refractivity (Wildman–Crippen MR) is 101 cm³/mol. The lowest BCUT2D eigenvalue weighted by Crippen LogP contribution is -2.14. The van der Waals surface area contributed by atoms with Gasteiger partial charge in [0.2, 0.25) is 0 Å². The van der Waals surface area contributed by atoms with Crippen LogP contribution in [0.3, 0.4) is 0 Å². The fourth-order valence-corrected chi connectivity index (χ4v) is 3.43. The SMILES string of the molecule is Cc1cc(S(=O)(=O)Nc2ccc(Nc3ccc(Cl)cc3)cn2)ccc1F. The van der Waals surface area contributed by atoms with Crippen molar-refractivity contribution in [1.29, 1.82) is 0 Å². The number of benzene rings is 2. The molecule has 0 radical (unpaired) electrons. The molecule has 0 amide bonds. The number of aromatic nitrogens is 1. The Morgan fingerprint density at radius 1 is 1.00 bits per heavy atom. The van der Waals surface area contributed by atoms with E-state index in [9.17, 15) is 12.8 Å². The number of rotatable bonds is 5. The summed E-state index contributed by atoms with van der Waals surface area (Å²) in [5.41, 5.74) is 1.77. The van der Waals surface area contributed by atoms with Gasteiger partial charge in [-0.05, 0) is 67.1 Å². The molecule has 0 saturated heterocycles. The van der Waals surface area contributed by atoms with Crippen molar-refractivity contribution in [3.8, 4) is 0 Å². The van der Waals surface area contributed by atoms with Crippen LogP contribution < -0.4 is 10.0 Å². The molecule has 1 heterocycles. The molecule has 26 heavy (non-hydrogen) atoms. The number of pyridine rings is 1. The van der Waals surface area contributed by atoms with Crippen LogP contribution in [-0.2, 0) is 10.0 Å². The molecule has 0 unspecified atom stereocenters. The van der Waals surface area contributed by atoms with E-state index in [1.807, 2.05) is 12.1 Å². The van der Waals surface area contributed by atoms with E-state index in [0.29, 0.717) is 10.7 Å². The minimum absolute atomic E-state index is 0.0263. The summed E-state index contributed by atoms with van der Waals surface area (Å²) < 4.78 is 40.4.